The fraction of sp³-hybridized carbons (Fsp3) is 0.103. The van der Waals surface area contributed by atoms with Crippen molar-refractivity contribution < 1.29 is 14.3 Å². The molecule has 2 amide bonds. The Balaban J connectivity index is 1.40. The first kappa shape index (κ1) is 22.2. The molecule has 174 valence electrons. The molecule has 1 aliphatic heterocycles. The second-order valence-corrected chi connectivity index (χ2v) is 8.22. The van der Waals surface area contributed by atoms with Crippen LogP contribution in [0.4, 0.5) is 5.69 Å². The molecule has 6 heteroatoms. The number of amides is 2. The lowest BCUT2D eigenvalue weighted by atomic mass is 10.1. The van der Waals surface area contributed by atoms with Crippen molar-refractivity contribution in [1.82, 2.24) is 9.99 Å². The molecule has 35 heavy (non-hydrogen) atoms. The van der Waals surface area contributed by atoms with Crippen LogP contribution in [0, 0.1) is 0 Å². The number of anilines is 1. The first-order valence-corrected chi connectivity index (χ1v) is 11.5. The molecule has 5 rings (SSSR count). The van der Waals surface area contributed by atoms with Gasteiger partial charge in [0.1, 0.15) is 17.9 Å². The number of hydrazine groups is 1. The Bertz CT molecular complexity index is 1440. The summed E-state index contributed by atoms with van der Waals surface area (Å²) in [5.41, 5.74) is 6.29. The maximum absolute atomic E-state index is 13.0. The van der Waals surface area contributed by atoms with E-state index in [-0.39, 0.29) is 11.5 Å². The smallest absolute Gasteiger partial charge is 0.282 e. The summed E-state index contributed by atoms with van der Waals surface area (Å²) in [5.74, 6) is 0.0541. The number of ether oxygens (including phenoxy) is 1. The zero-order valence-corrected chi connectivity index (χ0v) is 19.2. The van der Waals surface area contributed by atoms with Gasteiger partial charge in [0, 0.05) is 22.7 Å². The van der Waals surface area contributed by atoms with Gasteiger partial charge in [-0.15, -0.1) is 6.58 Å². The molecule has 1 N–H and O–H groups in total. The number of benzene rings is 3. The van der Waals surface area contributed by atoms with Crippen molar-refractivity contribution in [2.24, 2.45) is 0 Å². The van der Waals surface area contributed by atoms with Gasteiger partial charge in [-0.05, 0) is 42.3 Å². The molecule has 2 heterocycles. The van der Waals surface area contributed by atoms with Crippen LogP contribution in [0.25, 0.3) is 17.0 Å². The van der Waals surface area contributed by atoms with Crippen LogP contribution in [-0.4, -0.2) is 23.0 Å². The van der Waals surface area contributed by atoms with E-state index in [2.05, 4.69) is 16.6 Å². The highest BCUT2D eigenvalue weighted by atomic mass is 16.5. The summed E-state index contributed by atoms with van der Waals surface area (Å²) >= 11 is 0. The van der Waals surface area contributed by atoms with Crippen LogP contribution >= 0.6 is 0 Å². The van der Waals surface area contributed by atoms with E-state index in [1.54, 1.807) is 18.2 Å². The number of para-hydroxylation sites is 3. The molecular weight excluding hydrogens is 438 g/mol. The topological polar surface area (TPSA) is 63.6 Å². The molecule has 1 aliphatic rings. The lowest BCUT2D eigenvalue weighted by Gasteiger charge is -2.13. The number of carbonyl (C=O) groups is 2. The molecule has 4 aromatic rings. The summed E-state index contributed by atoms with van der Waals surface area (Å²) in [6.45, 7) is 4.91. The molecule has 0 spiro atoms. The van der Waals surface area contributed by atoms with Crippen LogP contribution in [0.15, 0.2) is 103 Å². The molecular formula is C29H25N3O3. The van der Waals surface area contributed by atoms with Gasteiger partial charge >= 0.3 is 0 Å². The quantitative estimate of drug-likeness (QED) is 0.229. The third kappa shape index (κ3) is 4.46. The van der Waals surface area contributed by atoms with E-state index in [9.17, 15) is 9.59 Å². The average Bonchev–Trinajstić information content (AvgIpc) is 3.38. The summed E-state index contributed by atoms with van der Waals surface area (Å²) in [6.07, 6.45) is 6.24. The molecule has 0 radical (unpaired) electrons. The van der Waals surface area contributed by atoms with Crippen LogP contribution in [0.5, 0.6) is 5.75 Å². The summed E-state index contributed by atoms with van der Waals surface area (Å²) in [6, 6.07) is 24.9. The standard InChI is InChI=1S/C29H25N3O3/c1-2-10-21-11-6-9-16-27(21)35-18-17-31-20-22(24-14-7-8-15-26(24)31)19-25-28(33)30-32(29(25)34)23-12-4-3-5-13-23/h2-9,11-16,19-20H,1,10,17-18H2,(H,30,33). The lowest BCUT2D eigenvalue weighted by molar-refractivity contribution is -0.117. The molecule has 6 nitrogen and oxygen atoms in total. The van der Waals surface area contributed by atoms with Gasteiger partial charge in [0.2, 0.25) is 0 Å². The third-order valence-electron chi connectivity index (χ3n) is 5.95. The number of fused-ring (bicyclic) bond motifs is 1. The third-order valence-corrected chi connectivity index (χ3v) is 5.95. The Morgan fingerprint density at radius 1 is 0.914 bits per heavy atom. The van der Waals surface area contributed by atoms with Crippen molar-refractivity contribution in [2.75, 3.05) is 11.6 Å². The summed E-state index contributed by atoms with van der Waals surface area (Å²) in [5, 5.41) is 2.24. The number of hydrogen-bond acceptors (Lipinski definition) is 3. The molecule has 1 fully saturated rings. The predicted octanol–water partition coefficient (Wildman–Crippen LogP) is 4.91. The minimum Gasteiger partial charge on any atom is -0.491 e. The monoisotopic (exact) mass is 463 g/mol. The number of allylic oxidation sites excluding steroid dienone is 1. The zero-order valence-electron chi connectivity index (χ0n) is 19.2. The first-order chi connectivity index (χ1) is 17.2. The largest absolute Gasteiger partial charge is 0.491 e. The van der Waals surface area contributed by atoms with E-state index >= 15 is 0 Å². The second kappa shape index (κ2) is 9.73. The van der Waals surface area contributed by atoms with Gasteiger partial charge in [0.25, 0.3) is 11.8 Å². The maximum atomic E-state index is 13.0. The van der Waals surface area contributed by atoms with Gasteiger partial charge in [0.15, 0.2) is 0 Å². The van der Waals surface area contributed by atoms with E-state index in [1.807, 2.05) is 79.0 Å². The van der Waals surface area contributed by atoms with Gasteiger partial charge < -0.3 is 9.30 Å². The number of rotatable bonds is 8. The molecule has 0 saturated carbocycles. The van der Waals surface area contributed by atoms with Crippen molar-refractivity contribution in [3.63, 3.8) is 0 Å². The van der Waals surface area contributed by atoms with Crippen molar-refractivity contribution in [3.8, 4) is 5.75 Å². The first-order valence-electron chi connectivity index (χ1n) is 11.5. The minimum atomic E-state index is -0.419. The number of aromatic nitrogens is 1. The molecule has 0 atom stereocenters. The van der Waals surface area contributed by atoms with Gasteiger partial charge in [0.05, 0.1) is 12.2 Å². The van der Waals surface area contributed by atoms with E-state index in [1.165, 1.54) is 5.01 Å². The summed E-state index contributed by atoms with van der Waals surface area (Å²) < 4.78 is 8.16. The van der Waals surface area contributed by atoms with E-state index in [4.69, 9.17) is 4.74 Å². The number of carbonyl (C=O) groups excluding carboxylic acids is 2. The highest BCUT2D eigenvalue weighted by Crippen LogP contribution is 2.27. The SMILES string of the molecule is C=CCc1ccccc1OCCn1cc(C=C2C(=O)NN(c3ccccc3)C2=O)c2ccccc21. The van der Waals surface area contributed by atoms with Gasteiger partial charge in [-0.1, -0.05) is 60.7 Å². The highest BCUT2D eigenvalue weighted by molar-refractivity contribution is 6.32. The maximum Gasteiger partial charge on any atom is 0.282 e. The highest BCUT2D eigenvalue weighted by Gasteiger charge is 2.34. The van der Waals surface area contributed by atoms with Crippen molar-refractivity contribution in [3.05, 3.63) is 114 Å². The van der Waals surface area contributed by atoms with Gasteiger partial charge in [-0.2, -0.15) is 0 Å². The lowest BCUT2D eigenvalue weighted by Crippen LogP contribution is -2.35. The Labute approximate surface area is 203 Å². The summed E-state index contributed by atoms with van der Waals surface area (Å²) in [7, 11) is 0. The van der Waals surface area contributed by atoms with E-state index in [0.29, 0.717) is 18.8 Å². The molecule has 0 bridgehead atoms. The predicted molar refractivity (Wildman–Crippen MR) is 138 cm³/mol. The van der Waals surface area contributed by atoms with Crippen LogP contribution in [0.1, 0.15) is 11.1 Å². The number of nitrogens with zero attached hydrogens (tertiary/aromatic N) is 2. The fourth-order valence-corrected chi connectivity index (χ4v) is 4.27. The van der Waals surface area contributed by atoms with Crippen LogP contribution in [0.2, 0.25) is 0 Å². The van der Waals surface area contributed by atoms with Crippen molar-refractivity contribution in [1.29, 1.82) is 0 Å². The van der Waals surface area contributed by atoms with Crippen LogP contribution < -0.4 is 15.2 Å². The zero-order chi connectivity index (χ0) is 24.2. The number of hydrogen-bond donors (Lipinski definition) is 1. The van der Waals surface area contributed by atoms with E-state index in [0.717, 1.165) is 34.2 Å². The fourth-order valence-electron chi connectivity index (χ4n) is 4.27. The van der Waals surface area contributed by atoms with Crippen LogP contribution in [-0.2, 0) is 22.6 Å². The average molecular weight is 464 g/mol. The molecule has 1 aromatic heterocycles. The minimum absolute atomic E-state index is 0.103. The Morgan fingerprint density at radius 2 is 1.66 bits per heavy atom. The Kier molecular flexibility index (Phi) is 6.18. The van der Waals surface area contributed by atoms with Gasteiger partial charge in [-0.3, -0.25) is 15.0 Å². The van der Waals surface area contributed by atoms with E-state index < -0.39 is 5.91 Å². The molecule has 3 aromatic carbocycles. The molecule has 0 aliphatic carbocycles. The normalized spacial score (nSPS) is 14.5. The van der Waals surface area contributed by atoms with Crippen molar-refractivity contribution >= 4 is 34.5 Å². The number of nitrogens with one attached hydrogen (secondary N) is 1. The Morgan fingerprint density at radius 3 is 2.49 bits per heavy atom. The second-order valence-electron chi connectivity index (χ2n) is 8.22. The van der Waals surface area contributed by atoms with Crippen LogP contribution in [0.3, 0.4) is 0 Å². The molecule has 1 saturated heterocycles. The van der Waals surface area contributed by atoms with Crippen molar-refractivity contribution in [2.45, 2.75) is 13.0 Å². The summed E-state index contributed by atoms with van der Waals surface area (Å²) in [4.78, 5) is 25.7. The Hall–Kier alpha value is -4.58. The molecule has 0 unspecified atom stereocenters. The van der Waals surface area contributed by atoms with Gasteiger partial charge in [-0.25, -0.2) is 5.01 Å².